The van der Waals surface area contributed by atoms with E-state index >= 15 is 0 Å². The van der Waals surface area contributed by atoms with Crippen LogP contribution in [0.3, 0.4) is 0 Å². The molecule has 1 aromatic carbocycles. The number of rotatable bonds is 3. The van der Waals surface area contributed by atoms with E-state index in [-0.39, 0.29) is 0 Å². The molecule has 3 nitrogen and oxygen atoms in total. The Balaban J connectivity index is 1.85. The number of nitrogens with zero attached hydrogens (tertiary/aromatic N) is 2. The van der Waals surface area contributed by atoms with Crippen molar-refractivity contribution >= 4 is 21.6 Å². The molecule has 90 valence electrons. The van der Waals surface area contributed by atoms with E-state index in [4.69, 9.17) is 4.74 Å². The molecule has 0 amide bonds. The summed E-state index contributed by atoms with van der Waals surface area (Å²) in [7, 11) is 0. The van der Waals surface area contributed by atoms with Gasteiger partial charge in [0.2, 0.25) is 0 Å². The zero-order valence-electron chi connectivity index (χ0n) is 9.58. The standard InChI is InChI=1S/C14H11BrN2O/c15-14-12(10-18-11-6-2-1-3-7-11)16-13-8-4-5-9-17(13)14/h1-9H,10H2. The topological polar surface area (TPSA) is 26.5 Å². The predicted molar refractivity (Wildman–Crippen MR) is 73.7 cm³/mol. The van der Waals surface area contributed by atoms with E-state index in [9.17, 15) is 0 Å². The lowest BCUT2D eigenvalue weighted by molar-refractivity contribution is 0.301. The number of hydrogen-bond acceptors (Lipinski definition) is 2. The van der Waals surface area contributed by atoms with Crippen molar-refractivity contribution in [2.75, 3.05) is 0 Å². The van der Waals surface area contributed by atoms with Gasteiger partial charge < -0.3 is 4.74 Å². The minimum absolute atomic E-state index is 0.451. The van der Waals surface area contributed by atoms with Gasteiger partial charge in [-0.3, -0.25) is 4.40 Å². The van der Waals surface area contributed by atoms with E-state index in [1.807, 2.05) is 59.1 Å². The monoisotopic (exact) mass is 302 g/mol. The van der Waals surface area contributed by atoms with Gasteiger partial charge >= 0.3 is 0 Å². The summed E-state index contributed by atoms with van der Waals surface area (Å²) in [5, 5.41) is 0. The molecule has 0 saturated heterocycles. The second kappa shape index (κ2) is 4.82. The quantitative estimate of drug-likeness (QED) is 0.738. The third-order valence-electron chi connectivity index (χ3n) is 2.66. The van der Waals surface area contributed by atoms with Crippen LogP contribution in [-0.4, -0.2) is 9.38 Å². The summed E-state index contributed by atoms with van der Waals surface area (Å²) >= 11 is 3.55. The molecule has 0 saturated carbocycles. The fourth-order valence-electron chi connectivity index (χ4n) is 1.77. The van der Waals surface area contributed by atoms with Crippen molar-refractivity contribution in [2.24, 2.45) is 0 Å². The van der Waals surface area contributed by atoms with Crippen LogP contribution in [0.2, 0.25) is 0 Å². The van der Waals surface area contributed by atoms with Crippen LogP contribution >= 0.6 is 15.9 Å². The SMILES string of the molecule is Brc1c(COc2ccccc2)nc2ccccn12. The van der Waals surface area contributed by atoms with E-state index in [1.54, 1.807) is 0 Å². The first-order valence-corrected chi connectivity index (χ1v) is 6.43. The highest BCUT2D eigenvalue weighted by atomic mass is 79.9. The molecule has 0 radical (unpaired) electrons. The van der Waals surface area contributed by atoms with Crippen LogP contribution in [0.1, 0.15) is 5.69 Å². The van der Waals surface area contributed by atoms with E-state index in [0.29, 0.717) is 6.61 Å². The highest BCUT2D eigenvalue weighted by Crippen LogP contribution is 2.20. The van der Waals surface area contributed by atoms with Crippen molar-refractivity contribution in [3.8, 4) is 5.75 Å². The highest BCUT2D eigenvalue weighted by molar-refractivity contribution is 9.10. The lowest BCUT2D eigenvalue weighted by atomic mass is 10.3. The van der Waals surface area contributed by atoms with Crippen molar-refractivity contribution < 1.29 is 4.74 Å². The highest BCUT2D eigenvalue weighted by Gasteiger charge is 2.09. The summed E-state index contributed by atoms with van der Waals surface area (Å²) in [5.74, 6) is 0.849. The maximum absolute atomic E-state index is 5.70. The molecule has 2 heterocycles. The molecule has 0 aliphatic heterocycles. The van der Waals surface area contributed by atoms with Gasteiger partial charge in [-0.15, -0.1) is 0 Å². The Morgan fingerprint density at radius 2 is 1.83 bits per heavy atom. The Bertz CT molecular complexity index is 664. The number of benzene rings is 1. The third kappa shape index (κ3) is 2.11. The number of imidazole rings is 1. The van der Waals surface area contributed by atoms with Crippen LogP contribution in [-0.2, 0) is 6.61 Å². The van der Waals surface area contributed by atoms with Crippen molar-refractivity contribution in [1.29, 1.82) is 0 Å². The van der Waals surface area contributed by atoms with Gasteiger partial charge in [0.1, 0.15) is 28.3 Å². The summed E-state index contributed by atoms with van der Waals surface area (Å²) < 4.78 is 8.63. The van der Waals surface area contributed by atoms with Gasteiger partial charge in [0.05, 0.1) is 0 Å². The number of hydrogen-bond donors (Lipinski definition) is 0. The van der Waals surface area contributed by atoms with Crippen LogP contribution < -0.4 is 4.74 Å². The summed E-state index contributed by atoms with van der Waals surface area (Å²) in [6, 6.07) is 15.7. The average molecular weight is 303 g/mol. The van der Waals surface area contributed by atoms with Crippen LogP contribution in [0.5, 0.6) is 5.75 Å². The predicted octanol–water partition coefficient (Wildman–Crippen LogP) is 3.68. The fourth-order valence-corrected chi connectivity index (χ4v) is 2.28. The Labute approximate surface area is 113 Å². The molecule has 3 rings (SSSR count). The Morgan fingerprint density at radius 3 is 2.61 bits per heavy atom. The molecule has 0 aliphatic rings. The van der Waals surface area contributed by atoms with E-state index in [0.717, 1.165) is 21.7 Å². The average Bonchev–Trinajstić information content (AvgIpc) is 2.75. The molecule has 0 N–H and O–H groups in total. The van der Waals surface area contributed by atoms with Crippen molar-refractivity contribution in [3.63, 3.8) is 0 Å². The molecule has 3 aromatic rings. The maximum atomic E-state index is 5.70. The summed E-state index contributed by atoms with van der Waals surface area (Å²) in [5.41, 5.74) is 1.81. The number of pyridine rings is 1. The minimum atomic E-state index is 0.451. The van der Waals surface area contributed by atoms with Gasteiger partial charge in [-0.2, -0.15) is 0 Å². The van der Waals surface area contributed by atoms with E-state index < -0.39 is 0 Å². The lowest BCUT2D eigenvalue weighted by Gasteiger charge is -2.03. The first kappa shape index (κ1) is 11.3. The molecule has 0 bridgehead atoms. The Hall–Kier alpha value is -1.81. The van der Waals surface area contributed by atoms with Gasteiger partial charge in [-0.05, 0) is 40.2 Å². The van der Waals surface area contributed by atoms with Gasteiger partial charge in [-0.1, -0.05) is 24.3 Å². The normalized spacial score (nSPS) is 10.7. The Morgan fingerprint density at radius 1 is 1.06 bits per heavy atom. The van der Waals surface area contributed by atoms with Crippen molar-refractivity contribution in [1.82, 2.24) is 9.38 Å². The molecule has 0 atom stereocenters. The number of para-hydroxylation sites is 1. The van der Waals surface area contributed by atoms with E-state index in [1.165, 1.54) is 0 Å². The van der Waals surface area contributed by atoms with Gasteiger partial charge in [0, 0.05) is 6.20 Å². The largest absolute Gasteiger partial charge is 0.487 e. The molecule has 0 fully saturated rings. The fraction of sp³-hybridized carbons (Fsp3) is 0.0714. The third-order valence-corrected chi connectivity index (χ3v) is 3.50. The molecular formula is C14H11BrN2O. The van der Waals surface area contributed by atoms with Crippen LogP contribution in [0.4, 0.5) is 0 Å². The summed E-state index contributed by atoms with van der Waals surface area (Å²) in [6.45, 7) is 0.451. The van der Waals surface area contributed by atoms with E-state index in [2.05, 4.69) is 20.9 Å². The minimum Gasteiger partial charge on any atom is -0.487 e. The molecule has 0 spiro atoms. The number of fused-ring (bicyclic) bond motifs is 1. The van der Waals surface area contributed by atoms with Crippen LogP contribution in [0.25, 0.3) is 5.65 Å². The number of halogens is 1. The maximum Gasteiger partial charge on any atom is 0.138 e. The van der Waals surface area contributed by atoms with Crippen LogP contribution in [0.15, 0.2) is 59.3 Å². The van der Waals surface area contributed by atoms with Crippen molar-refractivity contribution in [3.05, 3.63) is 65.0 Å². The second-order valence-corrected chi connectivity index (χ2v) is 4.63. The van der Waals surface area contributed by atoms with Gasteiger partial charge in [-0.25, -0.2) is 4.98 Å². The molecule has 0 unspecified atom stereocenters. The Kier molecular flexibility index (Phi) is 3.02. The molecule has 0 aliphatic carbocycles. The van der Waals surface area contributed by atoms with Gasteiger partial charge in [0.25, 0.3) is 0 Å². The first-order chi connectivity index (χ1) is 8.84. The smallest absolute Gasteiger partial charge is 0.138 e. The van der Waals surface area contributed by atoms with Crippen LogP contribution in [0, 0.1) is 0 Å². The summed E-state index contributed by atoms with van der Waals surface area (Å²) in [4.78, 5) is 4.52. The van der Waals surface area contributed by atoms with Crippen molar-refractivity contribution in [2.45, 2.75) is 6.61 Å². The number of ether oxygens (including phenoxy) is 1. The lowest BCUT2D eigenvalue weighted by Crippen LogP contribution is -1.96. The summed E-state index contributed by atoms with van der Waals surface area (Å²) in [6.07, 6.45) is 1.97. The zero-order valence-corrected chi connectivity index (χ0v) is 11.2. The number of aromatic nitrogens is 2. The van der Waals surface area contributed by atoms with Gasteiger partial charge in [0.15, 0.2) is 0 Å². The zero-order chi connectivity index (χ0) is 12.4. The second-order valence-electron chi connectivity index (χ2n) is 3.88. The molecule has 4 heteroatoms. The molecular weight excluding hydrogens is 292 g/mol. The first-order valence-electron chi connectivity index (χ1n) is 5.64. The molecule has 18 heavy (non-hydrogen) atoms. The molecule has 2 aromatic heterocycles.